The lowest BCUT2D eigenvalue weighted by Gasteiger charge is -2.38. The minimum absolute atomic E-state index is 0.0339. The zero-order valence-corrected chi connectivity index (χ0v) is 19.2. The van der Waals surface area contributed by atoms with E-state index in [9.17, 15) is 9.59 Å². The number of fused-ring (bicyclic) bond motifs is 5. The van der Waals surface area contributed by atoms with Crippen molar-refractivity contribution in [3.63, 3.8) is 0 Å². The summed E-state index contributed by atoms with van der Waals surface area (Å²) in [5, 5.41) is 6.04. The van der Waals surface area contributed by atoms with Gasteiger partial charge in [0.25, 0.3) is 0 Å². The first-order valence-electron chi connectivity index (χ1n) is 11.0. The molecule has 1 atom stereocenters. The van der Waals surface area contributed by atoms with Crippen LogP contribution >= 0.6 is 0 Å². The maximum atomic E-state index is 12.9. The molecule has 2 aromatic heterocycles. The van der Waals surface area contributed by atoms with Gasteiger partial charge in [-0.1, -0.05) is 52.8 Å². The molecule has 31 heavy (non-hydrogen) atoms. The van der Waals surface area contributed by atoms with Gasteiger partial charge in [-0.2, -0.15) is 5.10 Å². The Morgan fingerprint density at radius 1 is 1.29 bits per heavy atom. The Balaban J connectivity index is 1.99. The topological polar surface area (TPSA) is 66.1 Å². The van der Waals surface area contributed by atoms with Gasteiger partial charge in [-0.05, 0) is 30.2 Å². The van der Waals surface area contributed by atoms with Gasteiger partial charge in [-0.15, -0.1) is 0 Å². The van der Waals surface area contributed by atoms with Crippen LogP contribution in [-0.4, -0.2) is 26.9 Å². The number of aromatic nitrogens is 3. The average Bonchev–Trinajstić information content (AvgIpc) is 3.06. The highest BCUT2D eigenvalue weighted by Crippen LogP contribution is 2.42. The van der Waals surface area contributed by atoms with Crippen molar-refractivity contribution in [3.05, 3.63) is 51.8 Å². The second-order valence-corrected chi connectivity index (χ2v) is 9.89. The third-order valence-corrected chi connectivity index (χ3v) is 5.98. The minimum atomic E-state index is -0.571. The lowest BCUT2D eigenvalue weighted by molar-refractivity contribution is 0.0522. The fourth-order valence-corrected chi connectivity index (χ4v) is 4.52. The van der Waals surface area contributed by atoms with Gasteiger partial charge in [0, 0.05) is 17.6 Å². The van der Waals surface area contributed by atoms with Gasteiger partial charge >= 0.3 is 5.97 Å². The summed E-state index contributed by atoms with van der Waals surface area (Å²) in [4.78, 5) is 25.3. The lowest BCUT2D eigenvalue weighted by atomic mass is 9.84. The van der Waals surface area contributed by atoms with E-state index in [1.54, 1.807) is 19.2 Å². The van der Waals surface area contributed by atoms with Gasteiger partial charge in [0.05, 0.1) is 36.1 Å². The molecule has 6 heteroatoms. The minimum Gasteiger partial charge on any atom is -0.462 e. The van der Waals surface area contributed by atoms with Crippen molar-refractivity contribution in [2.75, 3.05) is 6.61 Å². The molecule has 1 aliphatic rings. The average molecular weight is 422 g/mol. The quantitative estimate of drug-likeness (QED) is 0.565. The fourth-order valence-electron chi connectivity index (χ4n) is 4.52. The van der Waals surface area contributed by atoms with E-state index in [2.05, 4.69) is 57.4 Å². The van der Waals surface area contributed by atoms with Gasteiger partial charge in [-0.25, -0.2) is 4.79 Å². The molecule has 1 aliphatic heterocycles. The third-order valence-electron chi connectivity index (χ3n) is 5.98. The summed E-state index contributed by atoms with van der Waals surface area (Å²) in [6.45, 7) is 13.6. The van der Waals surface area contributed by atoms with Crippen LogP contribution in [0.1, 0.15) is 63.5 Å². The molecule has 0 saturated heterocycles. The van der Waals surface area contributed by atoms with Crippen LogP contribution in [0.4, 0.5) is 0 Å². The molecule has 0 spiro atoms. The molecule has 6 nitrogen and oxygen atoms in total. The summed E-state index contributed by atoms with van der Waals surface area (Å²) in [7, 11) is 0. The van der Waals surface area contributed by atoms with Gasteiger partial charge in [-0.3, -0.25) is 9.48 Å². The number of hydrogen-bond donors (Lipinski definition) is 0. The summed E-state index contributed by atoms with van der Waals surface area (Å²) >= 11 is 0. The maximum absolute atomic E-state index is 12.9. The lowest BCUT2D eigenvalue weighted by Crippen LogP contribution is -2.35. The molecule has 3 heterocycles. The maximum Gasteiger partial charge on any atom is 0.343 e. The number of ether oxygens (including phenoxy) is 1. The molecule has 0 N–H and O–H groups in total. The van der Waals surface area contributed by atoms with E-state index in [1.165, 1.54) is 5.56 Å². The smallest absolute Gasteiger partial charge is 0.343 e. The van der Waals surface area contributed by atoms with E-state index in [0.29, 0.717) is 12.5 Å². The molecular weight excluding hydrogens is 390 g/mol. The number of rotatable bonds is 4. The monoisotopic (exact) mass is 421 g/mol. The van der Waals surface area contributed by atoms with Crippen molar-refractivity contribution >= 4 is 16.9 Å². The third kappa shape index (κ3) is 3.68. The largest absolute Gasteiger partial charge is 0.462 e. The van der Waals surface area contributed by atoms with Crippen molar-refractivity contribution < 1.29 is 9.53 Å². The summed E-state index contributed by atoms with van der Waals surface area (Å²) in [5.74, 6) is -0.0488. The SMILES string of the molecule is CCOC(=O)c1cn2c(cc1=O)-c1c3cccc(CC(C)C)c3nn1CC2C(C)(C)C. The summed E-state index contributed by atoms with van der Waals surface area (Å²) in [6, 6.07) is 7.88. The first kappa shape index (κ1) is 21.3. The molecule has 3 aromatic rings. The van der Waals surface area contributed by atoms with Gasteiger partial charge in [0.1, 0.15) is 5.56 Å². The molecule has 0 saturated carbocycles. The van der Waals surface area contributed by atoms with E-state index in [4.69, 9.17) is 9.84 Å². The Bertz CT molecular complexity index is 1210. The zero-order chi connectivity index (χ0) is 22.5. The molecule has 4 rings (SSSR count). The van der Waals surface area contributed by atoms with Crippen LogP contribution in [-0.2, 0) is 17.7 Å². The van der Waals surface area contributed by atoms with Crippen LogP contribution in [0.15, 0.2) is 35.3 Å². The van der Waals surface area contributed by atoms with E-state index >= 15 is 0 Å². The molecular formula is C25H31N3O3. The molecule has 0 aliphatic carbocycles. The molecule has 164 valence electrons. The predicted molar refractivity (Wildman–Crippen MR) is 122 cm³/mol. The Morgan fingerprint density at radius 2 is 2.03 bits per heavy atom. The van der Waals surface area contributed by atoms with Crippen LogP contribution in [0.5, 0.6) is 0 Å². The van der Waals surface area contributed by atoms with Crippen LogP contribution < -0.4 is 5.43 Å². The van der Waals surface area contributed by atoms with Crippen molar-refractivity contribution in [3.8, 4) is 11.4 Å². The van der Waals surface area contributed by atoms with Crippen LogP contribution in [0.3, 0.4) is 0 Å². The van der Waals surface area contributed by atoms with Crippen molar-refractivity contribution in [1.82, 2.24) is 14.3 Å². The summed E-state index contributed by atoms with van der Waals surface area (Å²) < 4.78 is 9.26. The number of nitrogens with zero attached hydrogens (tertiary/aromatic N) is 3. The molecule has 0 fully saturated rings. The van der Waals surface area contributed by atoms with Crippen LogP contribution in [0, 0.1) is 11.3 Å². The molecule has 0 radical (unpaired) electrons. The predicted octanol–water partition coefficient (Wildman–Crippen LogP) is 4.84. The van der Waals surface area contributed by atoms with Gasteiger partial charge < -0.3 is 9.30 Å². The second kappa shape index (κ2) is 7.66. The normalized spacial score (nSPS) is 15.8. The summed E-state index contributed by atoms with van der Waals surface area (Å²) in [5.41, 5.74) is 3.61. The highest BCUT2D eigenvalue weighted by molar-refractivity contribution is 5.95. The standard InChI is InChI=1S/C25H31N3O3/c1-7-31-24(30)18-13-27-19(12-20(18)29)23-17-10-8-9-16(11-15(2)3)22(17)26-28(23)14-21(27)25(4,5)6/h8-10,12-13,15,21H,7,11,14H2,1-6H3. The Labute approximate surface area is 182 Å². The molecule has 0 bridgehead atoms. The number of benzene rings is 1. The van der Waals surface area contributed by atoms with Gasteiger partial charge in [0.15, 0.2) is 5.43 Å². The zero-order valence-electron chi connectivity index (χ0n) is 19.2. The Morgan fingerprint density at radius 3 is 2.68 bits per heavy atom. The number of carbonyl (C=O) groups is 1. The molecule has 1 unspecified atom stereocenters. The molecule has 1 aromatic carbocycles. The van der Waals surface area contributed by atoms with E-state index in [1.807, 2.05) is 4.68 Å². The Kier molecular flexibility index (Phi) is 5.28. The molecule has 0 amide bonds. The van der Waals surface area contributed by atoms with Crippen molar-refractivity contribution in [2.45, 2.75) is 60.5 Å². The van der Waals surface area contributed by atoms with Crippen molar-refractivity contribution in [1.29, 1.82) is 0 Å². The van der Waals surface area contributed by atoms with E-state index in [-0.39, 0.29) is 29.1 Å². The number of esters is 1. The Hall–Kier alpha value is -2.89. The fraction of sp³-hybridized carbons (Fsp3) is 0.480. The van der Waals surface area contributed by atoms with Gasteiger partial charge in [0.2, 0.25) is 0 Å². The summed E-state index contributed by atoms with van der Waals surface area (Å²) in [6.07, 6.45) is 2.64. The van der Waals surface area contributed by atoms with E-state index in [0.717, 1.165) is 28.7 Å². The highest BCUT2D eigenvalue weighted by atomic mass is 16.5. The second-order valence-electron chi connectivity index (χ2n) is 9.89. The first-order valence-corrected chi connectivity index (χ1v) is 11.0. The highest BCUT2D eigenvalue weighted by Gasteiger charge is 2.35. The van der Waals surface area contributed by atoms with Crippen molar-refractivity contribution in [2.24, 2.45) is 11.3 Å². The number of pyridine rings is 1. The first-order chi connectivity index (χ1) is 14.6. The van der Waals surface area contributed by atoms with E-state index < -0.39 is 5.97 Å². The van der Waals surface area contributed by atoms with Crippen LogP contribution in [0.2, 0.25) is 0 Å². The number of carbonyl (C=O) groups excluding carboxylic acids is 1. The van der Waals surface area contributed by atoms with Crippen LogP contribution in [0.25, 0.3) is 22.3 Å². The number of hydrogen-bond acceptors (Lipinski definition) is 4.